The van der Waals surface area contributed by atoms with Crippen LogP contribution in [0.25, 0.3) is 0 Å². The van der Waals surface area contributed by atoms with Crippen molar-refractivity contribution in [1.82, 2.24) is 5.32 Å². The molecule has 0 aromatic heterocycles. The number of carbonyl (C=O) groups is 1. The van der Waals surface area contributed by atoms with Crippen molar-refractivity contribution in [3.05, 3.63) is 34.9 Å². The summed E-state index contributed by atoms with van der Waals surface area (Å²) in [6, 6.07) is 5.91. The van der Waals surface area contributed by atoms with Gasteiger partial charge in [-0.3, -0.25) is 0 Å². The van der Waals surface area contributed by atoms with Gasteiger partial charge in [-0.1, -0.05) is 17.7 Å². The second-order valence-corrected chi connectivity index (χ2v) is 4.36. The maximum Gasteiger partial charge on any atom is 0.339 e. The minimum absolute atomic E-state index is 0.172. The summed E-state index contributed by atoms with van der Waals surface area (Å²) in [5, 5.41) is 3.26. The Morgan fingerprint density at radius 1 is 1.47 bits per heavy atom. The van der Waals surface area contributed by atoms with Crippen LogP contribution in [0.1, 0.15) is 27.9 Å². The fourth-order valence-corrected chi connectivity index (χ4v) is 2.49. The normalized spacial score (nSPS) is 28.2. The van der Waals surface area contributed by atoms with E-state index in [-0.39, 0.29) is 11.6 Å². The van der Waals surface area contributed by atoms with Crippen molar-refractivity contribution < 1.29 is 9.53 Å². The first kappa shape index (κ1) is 8.92. The molecule has 1 atom stereocenters. The van der Waals surface area contributed by atoms with Gasteiger partial charge >= 0.3 is 5.97 Å². The number of aryl methyl sites for hydroxylation is 1. The quantitative estimate of drug-likeness (QED) is 0.647. The van der Waals surface area contributed by atoms with Gasteiger partial charge in [0, 0.05) is 18.5 Å². The second kappa shape index (κ2) is 2.83. The van der Waals surface area contributed by atoms with Gasteiger partial charge in [-0.2, -0.15) is 0 Å². The minimum atomic E-state index is -0.377. The van der Waals surface area contributed by atoms with Gasteiger partial charge in [0.2, 0.25) is 0 Å². The number of rotatable bonds is 0. The van der Waals surface area contributed by atoms with Gasteiger partial charge in [0.05, 0.1) is 5.56 Å². The summed E-state index contributed by atoms with van der Waals surface area (Å²) in [6.07, 6.45) is 0.884. The second-order valence-electron chi connectivity index (χ2n) is 4.36. The minimum Gasteiger partial charge on any atom is -0.449 e. The van der Waals surface area contributed by atoms with Crippen LogP contribution in [-0.4, -0.2) is 19.1 Å². The van der Waals surface area contributed by atoms with E-state index in [2.05, 4.69) is 11.4 Å². The molecule has 0 amide bonds. The number of carbonyl (C=O) groups excluding carboxylic acids is 1. The number of benzene rings is 1. The molecule has 15 heavy (non-hydrogen) atoms. The standard InChI is InChI=1S/C12H13NO2/c1-8-2-3-9-10(6-8)12(15-11(9)14)4-5-13-7-12/h2-3,6,13H,4-5,7H2,1H3. The lowest BCUT2D eigenvalue weighted by Gasteiger charge is -2.21. The fourth-order valence-electron chi connectivity index (χ4n) is 2.49. The average molecular weight is 203 g/mol. The summed E-state index contributed by atoms with van der Waals surface area (Å²) >= 11 is 0. The monoisotopic (exact) mass is 203 g/mol. The molecular weight excluding hydrogens is 190 g/mol. The molecule has 3 rings (SSSR count). The molecule has 1 saturated heterocycles. The summed E-state index contributed by atoms with van der Waals surface area (Å²) in [4.78, 5) is 11.7. The van der Waals surface area contributed by atoms with Crippen molar-refractivity contribution in [3.8, 4) is 0 Å². The molecule has 1 unspecified atom stereocenters. The Labute approximate surface area is 88.4 Å². The maximum absolute atomic E-state index is 11.7. The lowest BCUT2D eigenvalue weighted by atomic mass is 9.90. The lowest BCUT2D eigenvalue weighted by Crippen LogP contribution is -2.28. The van der Waals surface area contributed by atoms with Crippen molar-refractivity contribution in [3.63, 3.8) is 0 Å². The zero-order valence-electron chi connectivity index (χ0n) is 8.67. The Morgan fingerprint density at radius 3 is 3.07 bits per heavy atom. The Morgan fingerprint density at radius 2 is 2.33 bits per heavy atom. The van der Waals surface area contributed by atoms with Crippen LogP contribution in [-0.2, 0) is 10.3 Å². The molecule has 0 aliphatic carbocycles. The smallest absolute Gasteiger partial charge is 0.339 e. The molecule has 0 saturated carbocycles. The molecule has 2 aliphatic heterocycles. The molecule has 3 nitrogen and oxygen atoms in total. The van der Waals surface area contributed by atoms with Crippen LogP contribution in [0.3, 0.4) is 0 Å². The van der Waals surface area contributed by atoms with Crippen molar-refractivity contribution >= 4 is 5.97 Å². The molecule has 1 aromatic rings. The predicted octanol–water partition coefficient (Wildman–Crippen LogP) is 1.35. The lowest BCUT2D eigenvalue weighted by molar-refractivity contribution is 0.00163. The SMILES string of the molecule is Cc1ccc2c(c1)C1(CCNC1)OC2=O. The number of nitrogens with one attached hydrogen (secondary N) is 1. The molecule has 1 spiro atoms. The van der Waals surface area contributed by atoms with E-state index in [0.29, 0.717) is 0 Å². The van der Waals surface area contributed by atoms with Crippen LogP contribution >= 0.6 is 0 Å². The molecule has 0 radical (unpaired) electrons. The van der Waals surface area contributed by atoms with Crippen molar-refractivity contribution in [2.75, 3.05) is 13.1 Å². The van der Waals surface area contributed by atoms with E-state index in [0.717, 1.165) is 30.6 Å². The van der Waals surface area contributed by atoms with Gasteiger partial charge in [-0.25, -0.2) is 4.79 Å². The maximum atomic E-state index is 11.7. The summed E-state index contributed by atoms with van der Waals surface area (Å²) in [7, 11) is 0. The third-order valence-electron chi connectivity index (χ3n) is 3.29. The molecule has 3 heteroatoms. The molecule has 1 fully saturated rings. The molecule has 0 bridgehead atoms. The highest BCUT2D eigenvalue weighted by Crippen LogP contribution is 2.40. The Kier molecular flexibility index (Phi) is 1.68. The zero-order valence-corrected chi connectivity index (χ0v) is 8.67. The first-order valence-electron chi connectivity index (χ1n) is 5.26. The van der Waals surface area contributed by atoms with Gasteiger partial charge in [-0.15, -0.1) is 0 Å². The van der Waals surface area contributed by atoms with Crippen LogP contribution in [0, 0.1) is 6.92 Å². The third-order valence-corrected chi connectivity index (χ3v) is 3.29. The van der Waals surface area contributed by atoms with Crippen LogP contribution in [0.15, 0.2) is 18.2 Å². The van der Waals surface area contributed by atoms with Gasteiger partial charge in [-0.05, 0) is 19.5 Å². The van der Waals surface area contributed by atoms with E-state index in [4.69, 9.17) is 4.74 Å². The highest BCUT2D eigenvalue weighted by Gasteiger charge is 2.47. The van der Waals surface area contributed by atoms with E-state index in [1.54, 1.807) is 0 Å². The Bertz CT molecular complexity index is 433. The first-order chi connectivity index (χ1) is 7.21. The molecule has 1 N–H and O–H groups in total. The Hall–Kier alpha value is -1.35. The number of fused-ring (bicyclic) bond motifs is 2. The van der Waals surface area contributed by atoms with Crippen LogP contribution in [0.2, 0.25) is 0 Å². The van der Waals surface area contributed by atoms with E-state index in [1.807, 2.05) is 19.1 Å². The number of ether oxygens (including phenoxy) is 1. The molecule has 78 valence electrons. The Balaban J connectivity index is 2.19. The van der Waals surface area contributed by atoms with Crippen LogP contribution < -0.4 is 5.32 Å². The topological polar surface area (TPSA) is 38.3 Å². The highest BCUT2D eigenvalue weighted by atomic mass is 16.6. The van der Waals surface area contributed by atoms with E-state index in [1.165, 1.54) is 5.56 Å². The molecular formula is C12H13NO2. The van der Waals surface area contributed by atoms with Crippen molar-refractivity contribution in [2.45, 2.75) is 18.9 Å². The molecule has 1 aromatic carbocycles. The van der Waals surface area contributed by atoms with Gasteiger partial charge in [0.15, 0.2) is 5.60 Å². The largest absolute Gasteiger partial charge is 0.449 e. The van der Waals surface area contributed by atoms with Gasteiger partial charge in [0.25, 0.3) is 0 Å². The fraction of sp³-hybridized carbons (Fsp3) is 0.417. The van der Waals surface area contributed by atoms with Crippen molar-refractivity contribution in [2.24, 2.45) is 0 Å². The number of hydrogen-bond acceptors (Lipinski definition) is 3. The zero-order chi connectivity index (χ0) is 10.5. The van der Waals surface area contributed by atoms with E-state index in [9.17, 15) is 4.79 Å². The predicted molar refractivity (Wildman–Crippen MR) is 55.8 cm³/mol. The average Bonchev–Trinajstić information content (AvgIpc) is 2.76. The third kappa shape index (κ3) is 1.13. The molecule has 2 heterocycles. The van der Waals surface area contributed by atoms with Crippen molar-refractivity contribution in [1.29, 1.82) is 0 Å². The summed E-state index contributed by atoms with van der Waals surface area (Å²) in [5.74, 6) is -0.172. The summed E-state index contributed by atoms with van der Waals surface area (Å²) < 4.78 is 5.53. The first-order valence-corrected chi connectivity index (χ1v) is 5.26. The van der Waals surface area contributed by atoms with E-state index < -0.39 is 0 Å². The van der Waals surface area contributed by atoms with Crippen LogP contribution in [0.5, 0.6) is 0 Å². The number of esters is 1. The summed E-state index contributed by atoms with van der Waals surface area (Å²) in [5.41, 5.74) is 2.61. The van der Waals surface area contributed by atoms with Crippen LogP contribution in [0.4, 0.5) is 0 Å². The van der Waals surface area contributed by atoms with Gasteiger partial charge < -0.3 is 10.1 Å². The molecule has 2 aliphatic rings. The van der Waals surface area contributed by atoms with E-state index >= 15 is 0 Å². The summed E-state index contributed by atoms with van der Waals surface area (Å²) in [6.45, 7) is 3.70. The number of hydrogen-bond donors (Lipinski definition) is 1. The van der Waals surface area contributed by atoms with Gasteiger partial charge in [0.1, 0.15) is 0 Å². The highest BCUT2D eigenvalue weighted by molar-refractivity contribution is 5.95.